The molecule has 1 saturated carbocycles. The lowest BCUT2D eigenvalue weighted by atomic mass is 9.84. The van der Waals surface area contributed by atoms with Crippen LogP contribution in [-0.2, 0) is 0 Å². The number of nitrogens with two attached hydrogens (primary N) is 1. The number of benzene rings is 1. The first-order valence-corrected chi connectivity index (χ1v) is 7.90. The number of nitrogens with zero attached hydrogens (tertiary/aromatic N) is 1. The van der Waals surface area contributed by atoms with Crippen molar-refractivity contribution < 1.29 is 4.79 Å². The lowest BCUT2D eigenvalue weighted by molar-refractivity contribution is 0.0915. The van der Waals surface area contributed by atoms with Crippen molar-refractivity contribution in [3.63, 3.8) is 0 Å². The van der Waals surface area contributed by atoms with Crippen molar-refractivity contribution in [1.29, 1.82) is 0 Å². The Balaban J connectivity index is 2.03. The van der Waals surface area contributed by atoms with Crippen molar-refractivity contribution in [2.24, 2.45) is 11.7 Å². The quantitative estimate of drug-likeness (QED) is 0.875. The molecule has 1 aromatic rings. The van der Waals surface area contributed by atoms with Crippen molar-refractivity contribution in [2.75, 3.05) is 25.5 Å². The molecule has 0 heterocycles. The number of nitrogens with one attached hydrogen (secondary N) is 1. The maximum atomic E-state index is 12.4. The Hall–Kier alpha value is -1.55. The fraction of sp³-hybridized carbons (Fsp3) is 0.588. The molecule has 0 spiro atoms. The van der Waals surface area contributed by atoms with Crippen LogP contribution in [0.5, 0.6) is 0 Å². The van der Waals surface area contributed by atoms with Crippen LogP contribution in [0.3, 0.4) is 0 Å². The van der Waals surface area contributed by atoms with Gasteiger partial charge in [0.1, 0.15) is 0 Å². The summed E-state index contributed by atoms with van der Waals surface area (Å²) in [6, 6.07) is 7.79. The zero-order chi connectivity index (χ0) is 15.2. The van der Waals surface area contributed by atoms with Gasteiger partial charge in [-0.3, -0.25) is 4.79 Å². The average Bonchev–Trinajstić information content (AvgIpc) is 2.53. The topological polar surface area (TPSA) is 58.4 Å². The molecule has 4 heteroatoms. The molecule has 1 aliphatic carbocycles. The van der Waals surface area contributed by atoms with Crippen LogP contribution in [0.25, 0.3) is 0 Å². The molecule has 1 aromatic carbocycles. The molecule has 0 saturated heterocycles. The number of carbonyl (C=O) groups is 1. The summed E-state index contributed by atoms with van der Waals surface area (Å²) >= 11 is 0. The molecule has 1 atom stereocenters. The van der Waals surface area contributed by atoms with Gasteiger partial charge in [0.25, 0.3) is 5.91 Å². The van der Waals surface area contributed by atoms with Crippen LogP contribution in [0.15, 0.2) is 24.3 Å². The highest BCUT2D eigenvalue weighted by molar-refractivity contribution is 5.95. The molecule has 1 aliphatic rings. The molecular formula is C17H27N3O. The Morgan fingerprint density at radius 1 is 1.33 bits per heavy atom. The molecule has 1 fully saturated rings. The second kappa shape index (κ2) is 7.46. The van der Waals surface area contributed by atoms with E-state index in [9.17, 15) is 4.79 Å². The van der Waals surface area contributed by atoms with E-state index >= 15 is 0 Å². The van der Waals surface area contributed by atoms with Gasteiger partial charge in [-0.15, -0.1) is 0 Å². The number of hydrogen-bond donors (Lipinski definition) is 2. The first-order chi connectivity index (χ1) is 10.1. The summed E-state index contributed by atoms with van der Waals surface area (Å²) in [5, 5.41) is 3.14. The average molecular weight is 289 g/mol. The number of amides is 1. The molecule has 116 valence electrons. The van der Waals surface area contributed by atoms with E-state index in [0.29, 0.717) is 18.0 Å². The highest BCUT2D eigenvalue weighted by Crippen LogP contribution is 2.26. The van der Waals surface area contributed by atoms with Gasteiger partial charge in [0.05, 0.1) is 0 Å². The molecule has 0 radical (unpaired) electrons. The maximum Gasteiger partial charge on any atom is 0.251 e. The van der Waals surface area contributed by atoms with E-state index in [0.717, 1.165) is 5.69 Å². The monoisotopic (exact) mass is 289 g/mol. The zero-order valence-corrected chi connectivity index (χ0v) is 13.1. The van der Waals surface area contributed by atoms with Gasteiger partial charge in [0, 0.05) is 37.9 Å². The second-order valence-corrected chi connectivity index (χ2v) is 6.16. The van der Waals surface area contributed by atoms with E-state index in [1.165, 1.54) is 32.1 Å². The highest BCUT2D eigenvalue weighted by atomic mass is 16.1. The third-order valence-electron chi connectivity index (χ3n) is 4.41. The van der Waals surface area contributed by atoms with Crippen molar-refractivity contribution in [3.8, 4) is 0 Å². The molecular weight excluding hydrogens is 262 g/mol. The molecule has 3 N–H and O–H groups in total. The van der Waals surface area contributed by atoms with Crippen LogP contribution in [0.1, 0.15) is 42.5 Å². The molecule has 2 rings (SSSR count). The molecule has 1 amide bonds. The van der Waals surface area contributed by atoms with Gasteiger partial charge in [-0.25, -0.2) is 0 Å². The van der Waals surface area contributed by atoms with E-state index in [4.69, 9.17) is 5.73 Å². The first kappa shape index (κ1) is 15.8. The van der Waals surface area contributed by atoms with Crippen molar-refractivity contribution in [3.05, 3.63) is 29.8 Å². The Kier molecular flexibility index (Phi) is 5.62. The van der Waals surface area contributed by atoms with E-state index in [2.05, 4.69) is 5.32 Å². The van der Waals surface area contributed by atoms with Crippen LogP contribution >= 0.6 is 0 Å². The van der Waals surface area contributed by atoms with Crippen LogP contribution in [0.2, 0.25) is 0 Å². The summed E-state index contributed by atoms with van der Waals surface area (Å²) in [6.45, 7) is 0.518. The fourth-order valence-electron chi connectivity index (χ4n) is 3.08. The number of anilines is 1. The highest BCUT2D eigenvalue weighted by Gasteiger charge is 2.24. The van der Waals surface area contributed by atoms with E-state index in [-0.39, 0.29) is 11.9 Å². The SMILES string of the molecule is CN(C)c1cccc(C(=O)NC(CN)C2CCCCC2)c1. The predicted octanol–water partition coefficient (Wildman–Crippen LogP) is 2.39. The Morgan fingerprint density at radius 3 is 2.67 bits per heavy atom. The normalized spacial score (nSPS) is 17.3. The summed E-state index contributed by atoms with van der Waals surface area (Å²) in [5.41, 5.74) is 7.62. The third kappa shape index (κ3) is 4.21. The minimum atomic E-state index is -0.0141. The van der Waals surface area contributed by atoms with Crippen LogP contribution in [-0.4, -0.2) is 32.6 Å². The van der Waals surface area contributed by atoms with Crippen molar-refractivity contribution in [1.82, 2.24) is 5.32 Å². The standard InChI is InChI=1S/C17H27N3O/c1-20(2)15-10-6-9-14(11-15)17(21)19-16(12-18)13-7-4-3-5-8-13/h6,9-11,13,16H,3-5,7-8,12,18H2,1-2H3,(H,19,21). The van der Waals surface area contributed by atoms with E-state index in [1.807, 2.05) is 43.3 Å². The Morgan fingerprint density at radius 2 is 2.05 bits per heavy atom. The van der Waals surface area contributed by atoms with Gasteiger partial charge in [0.2, 0.25) is 0 Å². The smallest absolute Gasteiger partial charge is 0.251 e. The third-order valence-corrected chi connectivity index (χ3v) is 4.41. The van der Waals surface area contributed by atoms with Gasteiger partial charge in [-0.1, -0.05) is 25.3 Å². The number of rotatable bonds is 5. The summed E-state index contributed by atoms with van der Waals surface area (Å²) in [7, 11) is 3.95. The van der Waals surface area contributed by atoms with Gasteiger partial charge < -0.3 is 16.0 Å². The first-order valence-electron chi connectivity index (χ1n) is 7.90. The predicted molar refractivity (Wildman–Crippen MR) is 87.7 cm³/mol. The van der Waals surface area contributed by atoms with Gasteiger partial charge in [-0.05, 0) is 37.0 Å². The fourth-order valence-corrected chi connectivity index (χ4v) is 3.08. The Bertz CT molecular complexity index is 467. The van der Waals surface area contributed by atoms with E-state index < -0.39 is 0 Å². The minimum Gasteiger partial charge on any atom is -0.378 e. The summed E-state index contributed by atoms with van der Waals surface area (Å²) in [5.74, 6) is 0.518. The van der Waals surface area contributed by atoms with Crippen LogP contribution < -0.4 is 16.0 Å². The second-order valence-electron chi connectivity index (χ2n) is 6.16. The molecule has 21 heavy (non-hydrogen) atoms. The Labute approximate surface area is 127 Å². The molecule has 4 nitrogen and oxygen atoms in total. The lowest BCUT2D eigenvalue weighted by Crippen LogP contribution is -2.45. The van der Waals surface area contributed by atoms with Gasteiger partial charge in [-0.2, -0.15) is 0 Å². The van der Waals surface area contributed by atoms with Crippen LogP contribution in [0, 0.1) is 5.92 Å². The van der Waals surface area contributed by atoms with Gasteiger partial charge >= 0.3 is 0 Å². The largest absolute Gasteiger partial charge is 0.378 e. The van der Waals surface area contributed by atoms with Crippen LogP contribution in [0.4, 0.5) is 5.69 Å². The minimum absolute atomic E-state index is 0.0141. The summed E-state index contributed by atoms with van der Waals surface area (Å²) < 4.78 is 0. The number of hydrogen-bond acceptors (Lipinski definition) is 3. The van der Waals surface area contributed by atoms with Crippen molar-refractivity contribution in [2.45, 2.75) is 38.1 Å². The molecule has 1 unspecified atom stereocenters. The van der Waals surface area contributed by atoms with E-state index in [1.54, 1.807) is 0 Å². The van der Waals surface area contributed by atoms with Gasteiger partial charge in [0.15, 0.2) is 0 Å². The zero-order valence-electron chi connectivity index (χ0n) is 13.1. The van der Waals surface area contributed by atoms with Crippen molar-refractivity contribution >= 4 is 11.6 Å². The molecule has 0 aromatic heterocycles. The molecule has 0 aliphatic heterocycles. The maximum absolute atomic E-state index is 12.4. The molecule has 0 bridgehead atoms. The summed E-state index contributed by atoms with van der Waals surface area (Å²) in [4.78, 5) is 14.4. The number of carbonyl (C=O) groups excluding carboxylic acids is 1. The summed E-state index contributed by atoms with van der Waals surface area (Å²) in [6.07, 6.45) is 6.19. The lowest BCUT2D eigenvalue weighted by Gasteiger charge is -2.30.